The molecule has 0 bridgehead atoms. The van der Waals surface area contributed by atoms with Crippen molar-refractivity contribution in [3.8, 4) is 11.3 Å². The highest BCUT2D eigenvalue weighted by Gasteiger charge is 2.08. The summed E-state index contributed by atoms with van der Waals surface area (Å²) in [5.41, 5.74) is 3.12. The Morgan fingerprint density at radius 1 is 0.778 bits per heavy atom. The molecule has 3 rings (SSSR count). The number of benzene rings is 2. The van der Waals surface area contributed by atoms with Crippen LogP contribution >= 0.6 is 23.2 Å². The molecular formula is C14H8Cl2N2. The fraction of sp³-hybridized carbons (Fsp3) is 0. The Bertz CT molecular complexity index is 712. The minimum absolute atomic E-state index is 0.385. The van der Waals surface area contributed by atoms with Crippen molar-refractivity contribution in [3.63, 3.8) is 0 Å². The Morgan fingerprint density at radius 3 is 2.33 bits per heavy atom. The highest BCUT2D eigenvalue weighted by molar-refractivity contribution is 6.32. The first-order chi connectivity index (χ1) is 8.74. The van der Waals surface area contributed by atoms with Crippen LogP contribution < -0.4 is 0 Å². The SMILES string of the molecule is Clc1ccc2nc(-c3ccccc3)c(Cl)nc2c1. The van der Waals surface area contributed by atoms with E-state index in [4.69, 9.17) is 23.2 Å². The van der Waals surface area contributed by atoms with E-state index in [1.54, 1.807) is 12.1 Å². The van der Waals surface area contributed by atoms with E-state index in [1.165, 1.54) is 0 Å². The maximum absolute atomic E-state index is 6.17. The molecule has 0 fully saturated rings. The van der Waals surface area contributed by atoms with Gasteiger partial charge in [0.25, 0.3) is 0 Å². The van der Waals surface area contributed by atoms with Gasteiger partial charge in [0.2, 0.25) is 0 Å². The molecule has 2 nitrogen and oxygen atoms in total. The third-order valence-electron chi connectivity index (χ3n) is 2.63. The first-order valence-electron chi connectivity index (χ1n) is 5.42. The summed E-state index contributed by atoms with van der Waals surface area (Å²) in [6.07, 6.45) is 0. The molecule has 0 saturated heterocycles. The maximum atomic E-state index is 6.17. The van der Waals surface area contributed by atoms with Crippen molar-refractivity contribution in [2.75, 3.05) is 0 Å². The second-order valence-corrected chi connectivity index (χ2v) is 4.66. The molecule has 3 aromatic rings. The van der Waals surface area contributed by atoms with E-state index >= 15 is 0 Å². The van der Waals surface area contributed by atoms with Crippen LogP contribution in [0.25, 0.3) is 22.3 Å². The molecule has 88 valence electrons. The third-order valence-corrected chi connectivity index (χ3v) is 3.13. The van der Waals surface area contributed by atoms with Gasteiger partial charge in [-0.1, -0.05) is 53.5 Å². The predicted octanol–water partition coefficient (Wildman–Crippen LogP) is 4.60. The number of fused-ring (bicyclic) bond motifs is 1. The van der Waals surface area contributed by atoms with Crippen LogP contribution in [0.4, 0.5) is 0 Å². The number of aromatic nitrogens is 2. The van der Waals surface area contributed by atoms with Gasteiger partial charge in [-0.25, -0.2) is 9.97 Å². The summed E-state index contributed by atoms with van der Waals surface area (Å²) in [5, 5.41) is 1.01. The van der Waals surface area contributed by atoms with E-state index in [0.29, 0.717) is 21.4 Å². The van der Waals surface area contributed by atoms with Crippen molar-refractivity contribution in [1.29, 1.82) is 0 Å². The molecule has 1 aromatic heterocycles. The Hall–Kier alpha value is -1.64. The van der Waals surface area contributed by atoms with Gasteiger partial charge < -0.3 is 0 Å². The van der Waals surface area contributed by atoms with Crippen molar-refractivity contribution in [1.82, 2.24) is 9.97 Å². The van der Waals surface area contributed by atoms with E-state index in [0.717, 1.165) is 11.1 Å². The topological polar surface area (TPSA) is 25.8 Å². The molecule has 0 atom stereocenters. The van der Waals surface area contributed by atoms with Crippen LogP contribution in [0.5, 0.6) is 0 Å². The Morgan fingerprint density at radius 2 is 1.56 bits per heavy atom. The van der Waals surface area contributed by atoms with Crippen LogP contribution in [0.2, 0.25) is 10.2 Å². The molecule has 0 spiro atoms. The van der Waals surface area contributed by atoms with Gasteiger partial charge in [-0.3, -0.25) is 0 Å². The second-order valence-electron chi connectivity index (χ2n) is 3.86. The molecule has 2 aromatic carbocycles. The van der Waals surface area contributed by atoms with E-state index in [1.807, 2.05) is 36.4 Å². The molecule has 0 N–H and O–H groups in total. The quantitative estimate of drug-likeness (QED) is 0.648. The van der Waals surface area contributed by atoms with Crippen LogP contribution in [0.3, 0.4) is 0 Å². The summed E-state index contributed by atoms with van der Waals surface area (Å²) in [4.78, 5) is 8.86. The van der Waals surface area contributed by atoms with Gasteiger partial charge in [0.1, 0.15) is 5.69 Å². The normalized spacial score (nSPS) is 10.8. The lowest BCUT2D eigenvalue weighted by atomic mass is 10.1. The monoisotopic (exact) mass is 274 g/mol. The highest BCUT2D eigenvalue weighted by Crippen LogP contribution is 2.27. The summed E-state index contributed by atoms with van der Waals surface area (Å²) < 4.78 is 0. The van der Waals surface area contributed by atoms with Crippen LogP contribution in [0.15, 0.2) is 48.5 Å². The Kier molecular flexibility index (Phi) is 2.90. The largest absolute Gasteiger partial charge is 0.243 e. The summed E-state index contributed by atoms with van der Waals surface area (Å²) in [6, 6.07) is 15.1. The molecule has 0 aliphatic carbocycles. The van der Waals surface area contributed by atoms with Crippen molar-refractivity contribution in [2.24, 2.45) is 0 Å². The van der Waals surface area contributed by atoms with Gasteiger partial charge in [0.05, 0.1) is 11.0 Å². The average molecular weight is 275 g/mol. The zero-order valence-corrected chi connectivity index (χ0v) is 10.8. The Labute approximate surface area is 114 Å². The molecule has 0 saturated carbocycles. The number of hydrogen-bond acceptors (Lipinski definition) is 2. The predicted molar refractivity (Wildman–Crippen MR) is 75.0 cm³/mol. The Balaban J connectivity index is 2.25. The van der Waals surface area contributed by atoms with E-state index in [9.17, 15) is 0 Å². The minimum Gasteiger partial charge on any atom is -0.243 e. The molecule has 0 aliphatic rings. The molecule has 18 heavy (non-hydrogen) atoms. The standard InChI is InChI=1S/C14H8Cl2N2/c15-10-6-7-11-12(8-10)18-14(16)13(17-11)9-4-2-1-3-5-9/h1-8H. The molecule has 4 heteroatoms. The molecule has 0 unspecified atom stereocenters. The van der Waals surface area contributed by atoms with E-state index in [-0.39, 0.29) is 0 Å². The molecule has 0 aliphatic heterocycles. The van der Waals surface area contributed by atoms with Crippen LogP contribution in [-0.4, -0.2) is 9.97 Å². The highest BCUT2D eigenvalue weighted by atomic mass is 35.5. The molecule has 0 amide bonds. The van der Waals surface area contributed by atoms with Gasteiger partial charge in [-0.15, -0.1) is 0 Å². The summed E-state index contributed by atoms with van der Waals surface area (Å²) in [6.45, 7) is 0. The number of rotatable bonds is 1. The summed E-state index contributed by atoms with van der Waals surface area (Å²) in [5.74, 6) is 0. The summed E-state index contributed by atoms with van der Waals surface area (Å²) in [7, 11) is 0. The van der Waals surface area contributed by atoms with E-state index in [2.05, 4.69) is 9.97 Å². The van der Waals surface area contributed by atoms with Gasteiger partial charge in [0, 0.05) is 10.6 Å². The maximum Gasteiger partial charge on any atom is 0.156 e. The van der Waals surface area contributed by atoms with Gasteiger partial charge >= 0.3 is 0 Å². The fourth-order valence-electron chi connectivity index (χ4n) is 1.79. The van der Waals surface area contributed by atoms with Crippen molar-refractivity contribution < 1.29 is 0 Å². The van der Waals surface area contributed by atoms with Crippen molar-refractivity contribution in [3.05, 3.63) is 58.7 Å². The van der Waals surface area contributed by atoms with Crippen LogP contribution in [0.1, 0.15) is 0 Å². The number of halogens is 2. The van der Waals surface area contributed by atoms with Crippen molar-refractivity contribution >= 4 is 34.2 Å². The lowest BCUT2D eigenvalue weighted by Crippen LogP contribution is -1.91. The second kappa shape index (κ2) is 4.56. The molecular weight excluding hydrogens is 267 g/mol. The smallest absolute Gasteiger partial charge is 0.156 e. The number of hydrogen-bond donors (Lipinski definition) is 0. The zero-order valence-electron chi connectivity index (χ0n) is 9.27. The third kappa shape index (κ3) is 2.05. The van der Waals surface area contributed by atoms with Gasteiger partial charge in [-0.2, -0.15) is 0 Å². The first kappa shape index (κ1) is 11.5. The average Bonchev–Trinajstić information content (AvgIpc) is 2.39. The molecule has 0 radical (unpaired) electrons. The van der Waals surface area contributed by atoms with Crippen molar-refractivity contribution in [2.45, 2.75) is 0 Å². The van der Waals surface area contributed by atoms with Gasteiger partial charge in [0.15, 0.2) is 5.15 Å². The lowest BCUT2D eigenvalue weighted by Gasteiger charge is -2.05. The minimum atomic E-state index is 0.385. The summed E-state index contributed by atoms with van der Waals surface area (Å²) >= 11 is 12.1. The fourth-order valence-corrected chi connectivity index (χ4v) is 2.19. The van der Waals surface area contributed by atoms with Crippen LogP contribution in [-0.2, 0) is 0 Å². The molecule has 1 heterocycles. The van der Waals surface area contributed by atoms with Gasteiger partial charge in [-0.05, 0) is 18.2 Å². The first-order valence-corrected chi connectivity index (χ1v) is 6.18. The van der Waals surface area contributed by atoms with E-state index < -0.39 is 0 Å². The zero-order chi connectivity index (χ0) is 12.5. The number of nitrogens with zero attached hydrogens (tertiary/aromatic N) is 2. The van der Waals surface area contributed by atoms with Crippen LogP contribution in [0, 0.1) is 0 Å². The lowest BCUT2D eigenvalue weighted by molar-refractivity contribution is 1.29.